The molecule has 2 rings (SSSR count). The highest BCUT2D eigenvalue weighted by molar-refractivity contribution is 9.10. The summed E-state index contributed by atoms with van der Waals surface area (Å²) < 4.78 is 1.18. The van der Waals surface area contributed by atoms with Gasteiger partial charge in [0.25, 0.3) is 0 Å². The molecule has 0 saturated heterocycles. The molecule has 1 heterocycles. The standard InChI is InChI=1S/C11H14BrN/c12-11-8-13-7-6-10(11)9-4-2-1-3-5-9/h6-9H,1-5H2. The summed E-state index contributed by atoms with van der Waals surface area (Å²) in [5.74, 6) is 0.770. The first kappa shape index (κ1) is 9.20. The van der Waals surface area contributed by atoms with E-state index in [0.717, 1.165) is 5.92 Å². The van der Waals surface area contributed by atoms with E-state index in [9.17, 15) is 0 Å². The lowest BCUT2D eigenvalue weighted by Gasteiger charge is -2.22. The maximum Gasteiger partial charge on any atom is 0.0413 e. The Labute approximate surface area is 87.7 Å². The highest BCUT2D eigenvalue weighted by Gasteiger charge is 2.17. The molecule has 1 aliphatic rings. The smallest absolute Gasteiger partial charge is 0.0413 e. The Kier molecular flexibility index (Phi) is 2.99. The second-order valence-corrected chi connectivity index (χ2v) is 4.59. The Balaban J connectivity index is 2.18. The van der Waals surface area contributed by atoms with Gasteiger partial charge in [0.2, 0.25) is 0 Å². The fourth-order valence-electron chi connectivity index (χ4n) is 2.13. The quantitative estimate of drug-likeness (QED) is 0.725. The predicted octanol–water partition coefficient (Wildman–Crippen LogP) is 3.89. The predicted molar refractivity (Wildman–Crippen MR) is 57.8 cm³/mol. The van der Waals surface area contributed by atoms with Crippen molar-refractivity contribution < 1.29 is 0 Å². The lowest BCUT2D eigenvalue weighted by Crippen LogP contribution is -2.05. The van der Waals surface area contributed by atoms with Crippen LogP contribution in [0.3, 0.4) is 0 Å². The van der Waals surface area contributed by atoms with Crippen molar-refractivity contribution in [3.8, 4) is 0 Å². The lowest BCUT2D eigenvalue weighted by molar-refractivity contribution is 0.442. The summed E-state index contributed by atoms with van der Waals surface area (Å²) in [6.07, 6.45) is 10.7. The molecule has 0 radical (unpaired) electrons. The molecule has 1 fully saturated rings. The van der Waals surface area contributed by atoms with Crippen LogP contribution in [0.4, 0.5) is 0 Å². The SMILES string of the molecule is Brc1cnccc1C1CCCCC1. The van der Waals surface area contributed by atoms with E-state index in [2.05, 4.69) is 27.0 Å². The molecule has 0 bridgehead atoms. The zero-order chi connectivity index (χ0) is 9.10. The highest BCUT2D eigenvalue weighted by Crippen LogP contribution is 2.35. The van der Waals surface area contributed by atoms with Crippen molar-refractivity contribution in [2.24, 2.45) is 0 Å². The van der Waals surface area contributed by atoms with Gasteiger partial charge in [-0.1, -0.05) is 19.3 Å². The van der Waals surface area contributed by atoms with Crippen LogP contribution in [-0.2, 0) is 0 Å². The van der Waals surface area contributed by atoms with Gasteiger partial charge in [-0.3, -0.25) is 4.98 Å². The highest BCUT2D eigenvalue weighted by atomic mass is 79.9. The minimum atomic E-state index is 0.770. The van der Waals surface area contributed by atoms with Gasteiger partial charge in [-0.25, -0.2) is 0 Å². The molecular formula is C11H14BrN. The molecule has 0 spiro atoms. The van der Waals surface area contributed by atoms with Crippen LogP contribution in [0, 0.1) is 0 Å². The molecular weight excluding hydrogens is 226 g/mol. The second kappa shape index (κ2) is 4.23. The van der Waals surface area contributed by atoms with Crippen LogP contribution in [0.25, 0.3) is 0 Å². The molecule has 0 atom stereocenters. The summed E-state index contributed by atoms with van der Waals surface area (Å²) in [7, 11) is 0. The molecule has 1 aromatic heterocycles. The molecule has 0 unspecified atom stereocenters. The molecule has 0 amide bonds. The molecule has 1 saturated carbocycles. The number of pyridine rings is 1. The largest absolute Gasteiger partial charge is 0.264 e. The van der Waals surface area contributed by atoms with Crippen molar-refractivity contribution >= 4 is 15.9 Å². The first-order valence-electron chi connectivity index (χ1n) is 4.97. The molecule has 1 aromatic rings. The van der Waals surface area contributed by atoms with Crippen LogP contribution in [0.5, 0.6) is 0 Å². The Hall–Kier alpha value is -0.370. The van der Waals surface area contributed by atoms with Gasteiger partial charge in [0.1, 0.15) is 0 Å². The third kappa shape index (κ3) is 2.11. The summed E-state index contributed by atoms with van der Waals surface area (Å²) >= 11 is 3.57. The number of hydrogen-bond acceptors (Lipinski definition) is 1. The van der Waals surface area contributed by atoms with E-state index in [0.29, 0.717) is 0 Å². The number of rotatable bonds is 1. The van der Waals surface area contributed by atoms with E-state index in [1.165, 1.54) is 42.1 Å². The monoisotopic (exact) mass is 239 g/mol. The van der Waals surface area contributed by atoms with Crippen LogP contribution < -0.4 is 0 Å². The van der Waals surface area contributed by atoms with Crippen LogP contribution >= 0.6 is 15.9 Å². The van der Waals surface area contributed by atoms with Crippen LogP contribution in [0.15, 0.2) is 22.9 Å². The zero-order valence-corrected chi connectivity index (χ0v) is 9.26. The molecule has 13 heavy (non-hydrogen) atoms. The van der Waals surface area contributed by atoms with Crippen molar-refractivity contribution in [2.75, 3.05) is 0 Å². The van der Waals surface area contributed by atoms with Crippen molar-refractivity contribution in [2.45, 2.75) is 38.0 Å². The summed E-state index contributed by atoms with van der Waals surface area (Å²) in [5, 5.41) is 0. The number of aromatic nitrogens is 1. The first-order chi connectivity index (χ1) is 6.38. The van der Waals surface area contributed by atoms with Gasteiger partial charge in [0.05, 0.1) is 0 Å². The number of hydrogen-bond donors (Lipinski definition) is 0. The molecule has 0 aromatic carbocycles. The number of halogens is 1. The molecule has 2 heteroatoms. The lowest BCUT2D eigenvalue weighted by atomic mass is 9.84. The summed E-state index contributed by atoms with van der Waals surface area (Å²) in [6, 6.07) is 2.15. The first-order valence-corrected chi connectivity index (χ1v) is 5.76. The number of nitrogens with zero attached hydrogens (tertiary/aromatic N) is 1. The van der Waals surface area contributed by atoms with E-state index < -0.39 is 0 Å². The average molecular weight is 240 g/mol. The van der Waals surface area contributed by atoms with Gasteiger partial charge in [0, 0.05) is 16.9 Å². The minimum absolute atomic E-state index is 0.770. The summed E-state index contributed by atoms with van der Waals surface area (Å²) in [4.78, 5) is 4.09. The van der Waals surface area contributed by atoms with Gasteiger partial charge < -0.3 is 0 Å². The van der Waals surface area contributed by atoms with Crippen LogP contribution in [0.1, 0.15) is 43.6 Å². The van der Waals surface area contributed by atoms with E-state index in [-0.39, 0.29) is 0 Å². The van der Waals surface area contributed by atoms with Crippen molar-refractivity contribution in [3.05, 3.63) is 28.5 Å². The maximum atomic E-state index is 4.09. The normalized spacial score (nSPS) is 18.8. The molecule has 0 N–H and O–H groups in total. The Morgan fingerprint density at radius 3 is 2.69 bits per heavy atom. The van der Waals surface area contributed by atoms with Crippen molar-refractivity contribution in [1.82, 2.24) is 4.98 Å². The van der Waals surface area contributed by atoms with Crippen LogP contribution in [0.2, 0.25) is 0 Å². The second-order valence-electron chi connectivity index (χ2n) is 3.73. The Morgan fingerprint density at radius 2 is 2.00 bits per heavy atom. The van der Waals surface area contributed by atoms with Crippen molar-refractivity contribution in [3.63, 3.8) is 0 Å². The van der Waals surface area contributed by atoms with Crippen LogP contribution in [-0.4, -0.2) is 4.98 Å². The van der Waals surface area contributed by atoms with Crippen molar-refractivity contribution in [1.29, 1.82) is 0 Å². The Bertz CT molecular complexity index is 279. The van der Waals surface area contributed by atoms with Gasteiger partial charge in [-0.2, -0.15) is 0 Å². The average Bonchev–Trinajstić information content (AvgIpc) is 2.20. The topological polar surface area (TPSA) is 12.9 Å². The van der Waals surface area contributed by atoms with Gasteiger partial charge in [-0.15, -0.1) is 0 Å². The van der Waals surface area contributed by atoms with Gasteiger partial charge in [-0.05, 0) is 46.3 Å². The van der Waals surface area contributed by atoms with Gasteiger partial charge >= 0.3 is 0 Å². The summed E-state index contributed by atoms with van der Waals surface area (Å²) in [5.41, 5.74) is 1.45. The molecule has 1 aliphatic carbocycles. The fourth-order valence-corrected chi connectivity index (χ4v) is 2.70. The van der Waals surface area contributed by atoms with E-state index in [1.807, 2.05) is 12.4 Å². The third-order valence-electron chi connectivity index (χ3n) is 2.85. The van der Waals surface area contributed by atoms with E-state index in [4.69, 9.17) is 0 Å². The van der Waals surface area contributed by atoms with Gasteiger partial charge in [0.15, 0.2) is 0 Å². The molecule has 1 nitrogen and oxygen atoms in total. The molecule has 0 aliphatic heterocycles. The zero-order valence-electron chi connectivity index (χ0n) is 7.67. The van der Waals surface area contributed by atoms with E-state index in [1.54, 1.807) is 0 Å². The third-order valence-corrected chi connectivity index (χ3v) is 3.51. The van der Waals surface area contributed by atoms with E-state index >= 15 is 0 Å². The maximum absolute atomic E-state index is 4.09. The summed E-state index contributed by atoms with van der Waals surface area (Å²) in [6.45, 7) is 0. The fraction of sp³-hybridized carbons (Fsp3) is 0.545. The Morgan fingerprint density at radius 1 is 1.23 bits per heavy atom. The minimum Gasteiger partial charge on any atom is -0.264 e. The molecule has 70 valence electrons.